The Morgan fingerprint density at radius 1 is 1.17 bits per heavy atom. The molecular weight excluding hydrogens is 224 g/mol. The second-order valence-corrected chi connectivity index (χ2v) is 4.35. The molecule has 0 aliphatic rings. The van der Waals surface area contributed by atoms with Crippen LogP contribution in [0.3, 0.4) is 0 Å². The molecule has 0 N–H and O–H groups in total. The van der Waals surface area contributed by atoms with E-state index in [1.807, 2.05) is 30.3 Å². The second kappa shape index (κ2) is 6.84. The summed E-state index contributed by atoms with van der Waals surface area (Å²) >= 11 is 0. The average molecular weight is 245 g/mol. The second-order valence-electron chi connectivity index (χ2n) is 4.35. The van der Waals surface area contributed by atoms with Gasteiger partial charge in [-0.05, 0) is 31.9 Å². The van der Waals surface area contributed by atoms with E-state index in [1.54, 1.807) is 0 Å². The number of aryl methyl sites for hydroxylation is 2. The summed E-state index contributed by atoms with van der Waals surface area (Å²) in [7, 11) is 0. The fourth-order valence-electron chi connectivity index (χ4n) is 1.86. The van der Waals surface area contributed by atoms with Crippen LogP contribution in [-0.4, -0.2) is 11.2 Å². The monoisotopic (exact) mass is 245 g/mol. The SMILES string of the molecule is CCn1cc[n+](CCCCOc2ccccc2)c1. The first-order chi connectivity index (χ1) is 8.88. The molecule has 0 saturated carbocycles. The van der Waals surface area contributed by atoms with Crippen LogP contribution in [0.2, 0.25) is 0 Å². The van der Waals surface area contributed by atoms with Crippen molar-refractivity contribution in [1.29, 1.82) is 0 Å². The molecule has 0 spiro atoms. The van der Waals surface area contributed by atoms with Gasteiger partial charge in [0.25, 0.3) is 0 Å². The quantitative estimate of drug-likeness (QED) is 0.542. The molecule has 0 radical (unpaired) electrons. The molecule has 1 aromatic carbocycles. The number of aromatic nitrogens is 2. The van der Waals surface area contributed by atoms with E-state index in [1.165, 1.54) is 0 Å². The van der Waals surface area contributed by atoms with Crippen molar-refractivity contribution in [3.05, 3.63) is 49.1 Å². The van der Waals surface area contributed by atoms with Crippen LogP contribution in [0.5, 0.6) is 5.75 Å². The summed E-state index contributed by atoms with van der Waals surface area (Å²) in [6.45, 7) is 5.03. The van der Waals surface area contributed by atoms with Gasteiger partial charge < -0.3 is 4.74 Å². The van der Waals surface area contributed by atoms with Crippen LogP contribution in [-0.2, 0) is 13.1 Å². The molecule has 0 aliphatic carbocycles. The Balaban J connectivity index is 1.61. The van der Waals surface area contributed by atoms with Crippen LogP contribution in [0.25, 0.3) is 0 Å². The molecule has 0 unspecified atom stereocenters. The Bertz CT molecular complexity index is 451. The fraction of sp³-hybridized carbons (Fsp3) is 0.400. The molecule has 96 valence electrons. The molecule has 0 bridgehead atoms. The van der Waals surface area contributed by atoms with Gasteiger partial charge in [0.1, 0.15) is 18.1 Å². The molecule has 3 nitrogen and oxygen atoms in total. The molecule has 2 rings (SSSR count). The van der Waals surface area contributed by atoms with Gasteiger partial charge in [0.2, 0.25) is 6.33 Å². The van der Waals surface area contributed by atoms with E-state index in [0.717, 1.165) is 38.3 Å². The van der Waals surface area contributed by atoms with E-state index in [2.05, 4.69) is 34.8 Å². The predicted octanol–water partition coefficient (Wildman–Crippen LogP) is 2.65. The van der Waals surface area contributed by atoms with Gasteiger partial charge in [0.05, 0.1) is 19.7 Å². The summed E-state index contributed by atoms with van der Waals surface area (Å²) < 4.78 is 10.1. The van der Waals surface area contributed by atoms with Crippen LogP contribution in [0.4, 0.5) is 0 Å². The van der Waals surface area contributed by atoms with Gasteiger partial charge in [0, 0.05) is 0 Å². The van der Waals surface area contributed by atoms with Crippen molar-refractivity contribution in [2.45, 2.75) is 32.9 Å². The van der Waals surface area contributed by atoms with Crippen LogP contribution in [0, 0.1) is 0 Å². The molecule has 0 atom stereocenters. The summed E-state index contributed by atoms with van der Waals surface area (Å²) in [4.78, 5) is 0. The lowest BCUT2D eigenvalue weighted by molar-refractivity contribution is -0.696. The number of unbranched alkanes of at least 4 members (excludes halogenated alkanes) is 1. The standard InChI is InChI=1S/C15H21N2O/c1-2-16-11-12-17(14-16)10-6-7-13-18-15-8-4-3-5-9-15/h3-5,8-9,11-12,14H,2,6-7,10,13H2,1H3/q+1. The highest BCUT2D eigenvalue weighted by Crippen LogP contribution is 2.08. The summed E-state index contributed by atoms with van der Waals surface area (Å²) in [6, 6.07) is 9.99. The highest BCUT2D eigenvalue weighted by molar-refractivity contribution is 5.20. The van der Waals surface area contributed by atoms with Gasteiger partial charge in [-0.15, -0.1) is 0 Å². The lowest BCUT2D eigenvalue weighted by Crippen LogP contribution is -2.31. The van der Waals surface area contributed by atoms with E-state index in [-0.39, 0.29) is 0 Å². The minimum absolute atomic E-state index is 0.791. The fourth-order valence-corrected chi connectivity index (χ4v) is 1.86. The van der Waals surface area contributed by atoms with E-state index < -0.39 is 0 Å². The first kappa shape index (κ1) is 12.7. The molecule has 0 aliphatic heterocycles. The van der Waals surface area contributed by atoms with Gasteiger partial charge >= 0.3 is 0 Å². The Kier molecular flexibility index (Phi) is 4.82. The zero-order chi connectivity index (χ0) is 12.6. The predicted molar refractivity (Wildman–Crippen MR) is 71.5 cm³/mol. The number of rotatable bonds is 7. The number of ether oxygens (including phenoxy) is 1. The minimum Gasteiger partial charge on any atom is -0.494 e. The largest absolute Gasteiger partial charge is 0.494 e. The first-order valence-corrected chi connectivity index (χ1v) is 6.61. The normalized spacial score (nSPS) is 10.5. The maximum Gasteiger partial charge on any atom is 0.243 e. The Morgan fingerprint density at radius 2 is 2.00 bits per heavy atom. The van der Waals surface area contributed by atoms with Gasteiger partial charge in [-0.3, -0.25) is 0 Å². The highest BCUT2D eigenvalue weighted by Gasteiger charge is 2.01. The number of hydrogen-bond donors (Lipinski definition) is 0. The Labute approximate surface area is 109 Å². The summed E-state index contributed by atoms with van der Waals surface area (Å²) in [6.07, 6.45) is 8.62. The lowest BCUT2D eigenvalue weighted by Gasteiger charge is -2.04. The van der Waals surface area contributed by atoms with Gasteiger partial charge in [-0.1, -0.05) is 18.2 Å². The number of para-hydroxylation sites is 1. The van der Waals surface area contributed by atoms with Crippen molar-refractivity contribution in [3.8, 4) is 5.75 Å². The van der Waals surface area contributed by atoms with Crippen LogP contribution < -0.4 is 9.30 Å². The van der Waals surface area contributed by atoms with Crippen molar-refractivity contribution in [3.63, 3.8) is 0 Å². The summed E-state index contributed by atoms with van der Waals surface area (Å²) in [5.41, 5.74) is 0. The van der Waals surface area contributed by atoms with Gasteiger partial charge in [-0.2, -0.15) is 0 Å². The third-order valence-corrected chi connectivity index (χ3v) is 2.93. The van der Waals surface area contributed by atoms with Crippen LogP contribution in [0.1, 0.15) is 19.8 Å². The number of imidazole rings is 1. The molecule has 1 aromatic heterocycles. The van der Waals surface area contributed by atoms with Crippen LogP contribution in [0.15, 0.2) is 49.1 Å². The Morgan fingerprint density at radius 3 is 2.72 bits per heavy atom. The topological polar surface area (TPSA) is 18.0 Å². The Hall–Kier alpha value is -1.77. The molecule has 0 amide bonds. The van der Waals surface area contributed by atoms with Crippen molar-refractivity contribution < 1.29 is 9.30 Å². The molecule has 2 aromatic rings. The zero-order valence-corrected chi connectivity index (χ0v) is 11.0. The number of benzene rings is 1. The van der Waals surface area contributed by atoms with E-state index in [0.29, 0.717) is 0 Å². The van der Waals surface area contributed by atoms with Crippen LogP contribution >= 0.6 is 0 Å². The molecule has 3 heteroatoms. The molecule has 18 heavy (non-hydrogen) atoms. The van der Waals surface area contributed by atoms with E-state index >= 15 is 0 Å². The maximum absolute atomic E-state index is 5.66. The van der Waals surface area contributed by atoms with Crippen molar-refractivity contribution in [1.82, 2.24) is 4.57 Å². The highest BCUT2D eigenvalue weighted by atomic mass is 16.5. The maximum atomic E-state index is 5.66. The number of nitrogens with zero attached hydrogens (tertiary/aromatic N) is 2. The molecule has 1 heterocycles. The molecular formula is C15H21N2O+. The summed E-state index contributed by atoms with van der Waals surface area (Å²) in [5, 5.41) is 0. The van der Waals surface area contributed by atoms with E-state index in [4.69, 9.17) is 4.74 Å². The zero-order valence-electron chi connectivity index (χ0n) is 11.0. The van der Waals surface area contributed by atoms with Crippen molar-refractivity contribution >= 4 is 0 Å². The van der Waals surface area contributed by atoms with Crippen molar-refractivity contribution in [2.75, 3.05) is 6.61 Å². The average Bonchev–Trinajstić information content (AvgIpc) is 2.87. The van der Waals surface area contributed by atoms with Gasteiger partial charge in [-0.25, -0.2) is 9.13 Å². The summed E-state index contributed by atoms with van der Waals surface area (Å²) in [5.74, 6) is 0.960. The molecule has 0 fully saturated rings. The van der Waals surface area contributed by atoms with Crippen molar-refractivity contribution in [2.24, 2.45) is 0 Å². The third kappa shape index (κ3) is 3.91. The van der Waals surface area contributed by atoms with Gasteiger partial charge in [0.15, 0.2) is 0 Å². The minimum atomic E-state index is 0.791. The van der Waals surface area contributed by atoms with E-state index in [9.17, 15) is 0 Å². The number of hydrogen-bond acceptors (Lipinski definition) is 1. The smallest absolute Gasteiger partial charge is 0.243 e. The first-order valence-electron chi connectivity index (χ1n) is 6.61. The third-order valence-electron chi connectivity index (χ3n) is 2.93. The lowest BCUT2D eigenvalue weighted by atomic mass is 10.3. The molecule has 0 saturated heterocycles.